The molecule has 1 aliphatic heterocycles. The summed E-state index contributed by atoms with van der Waals surface area (Å²) in [6.45, 7) is 1.50. The summed E-state index contributed by atoms with van der Waals surface area (Å²) in [5, 5.41) is 2.59. The summed E-state index contributed by atoms with van der Waals surface area (Å²) in [6, 6.07) is 3.59. The molecule has 0 spiro atoms. The van der Waals surface area contributed by atoms with Crippen LogP contribution in [0.1, 0.15) is 34.8 Å². The Bertz CT molecular complexity index is 598. The number of nitrogen functional groups attached to an aromatic ring is 1. The first-order valence-corrected chi connectivity index (χ1v) is 7.52. The SMILES string of the molecule is Nc1nc(C2CCCN(C(=O)c3cccnc3)C2)cs1. The number of pyridine rings is 1. The maximum atomic E-state index is 12.4. The molecule has 0 bridgehead atoms. The molecule has 5 nitrogen and oxygen atoms in total. The van der Waals surface area contributed by atoms with Crippen LogP contribution in [-0.2, 0) is 0 Å². The van der Waals surface area contributed by atoms with Crippen molar-refractivity contribution >= 4 is 22.4 Å². The number of carbonyl (C=O) groups is 1. The summed E-state index contributed by atoms with van der Waals surface area (Å²) in [5.74, 6) is 0.337. The van der Waals surface area contributed by atoms with Gasteiger partial charge in [-0.3, -0.25) is 9.78 Å². The fourth-order valence-electron chi connectivity index (χ4n) is 2.56. The third-order valence-electron chi connectivity index (χ3n) is 3.58. The average molecular weight is 288 g/mol. The zero-order valence-corrected chi connectivity index (χ0v) is 11.8. The van der Waals surface area contributed by atoms with E-state index in [9.17, 15) is 4.79 Å². The van der Waals surface area contributed by atoms with E-state index in [1.807, 2.05) is 10.3 Å². The molecule has 20 heavy (non-hydrogen) atoms. The van der Waals surface area contributed by atoms with Gasteiger partial charge in [0.15, 0.2) is 5.13 Å². The smallest absolute Gasteiger partial charge is 0.255 e. The Hall–Kier alpha value is -1.95. The number of aromatic nitrogens is 2. The van der Waals surface area contributed by atoms with Crippen molar-refractivity contribution in [2.45, 2.75) is 18.8 Å². The second-order valence-electron chi connectivity index (χ2n) is 4.94. The first-order chi connectivity index (χ1) is 9.74. The number of hydrogen-bond acceptors (Lipinski definition) is 5. The highest BCUT2D eigenvalue weighted by Gasteiger charge is 2.26. The second-order valence-corrected chi connectivity index (χ2v) is 5.83. The minimum absolute atomic E-state index is 0.0472. The molecule has 2 aromatic heterocycles. The quantitative estimate of drug-likeness (QED) is 0.919. The summed E-state index contributed by atoms with van der Waals surface area (Å²) >= 11 is 1.46. The van der Waals surface area contributed by atoms with Crippen molar-refractivity contribution in [1.82, 2.24) is 14.9 Å². The normalized spacial score (nSPS) is 19.0. The van der Waals surface area contributed by atoms with Crippen LogP contribution in [0.5, 0.6) is 0 Å². The van der Waals surface area contributed by atoms with E-state index in [0.717, 1.165) is 25.1 Å². The second kappa shape index (κ2) is 5.58. The minimum atomic E-state index is 0.0472. The van der Waals surface area contributed by atoms with Crippen molar-refractivity contribution in [1.29, 1.82) is 0 Å². The molecule has 6 heteroatoms. The van der Waals surface area contributed by atoms with E-state index in [0.29, 0.717) is 17.2 Å². The third-order valence-corrected chi connectivity index (χ3v) is 4.27. The number of carbonyl (C=O) groups excluding carboxylic acids is 1. The fourth-order valence-corrected chi connectivity index (χ4v) is 3.21. The number of likely N-dealkylation sites (tertiary alicyclic amines) is 1. The predicted molar refractivity (Wildman–Crippen MR) is 78.6 cm³/mol. The van der Waals surface area contributed by atoms with Gasteiger partial charge in [-0.05, 0) is 25.0 Å². The van der Waals surface area contributed by atoms with Crippen molar-refractivity contribution in [3.8, 4) is 0 Å². The molecule has 0 radical (unpaired) electrons. The molecule has 0 aromatic carbocycles. The lowest BCUT2D eigenvalue weighted by Gasteiger charge is -2.32. The molecule has 1 atom stereocenters. The number of anilines is 1. The van der Waals surface area contributed by atoms with Crippen LogP contribution in [0.2, 0.25) is 0 Å². The molecule has 0 aliphatic carbocycles. The fraction of sp³-hybridized carbons (Fsp3) is 0.357. The van der Waals surface area contributed by atoms with Gasteiger partial charge in [-0.15, -0.1) is 11.3 Å². The van der Waals surface area contributed by atoms with E-state index in [-0.39, 0.29) is 11.8 Å². The number of hydrogen-bond donors (Lipinski definition) is 1. The zero-order chi connectivity index (χ0) is 13.9. The third kappa shape index (κ3) is 2.65. The number of nitrogens with two attached hydrogens (primary N) is 1. The van der Waals surface area contributed by atoms with E-state index in [2.05, 4.69) is 9.97 Å². The van der Waals surface area contributed by atoms with Crippen molar-refractivity contribution in [3.63, 3.8) is 0 Å². The first kappa shape index (κ1) is 13.1. The van der Waals surface area contributed by atoms with Crippen molar-refractivity contribution < 1.29 is 4.79 Å². The van der Waals surface area contributed by atoms with Gasteiger partial charge in [0.05, 0.1) is 11.3 Å². The van der Waals surface area contributed by atoms with E-state index < -0.39 is 0 Å². The standard InChI is InChI=1S/C14H16N4OS/c15-14-17-12(9-20-14)11-4-2-6-18(8-11)13(19)10-3-1-5-16-7-10/h1,3,5,7,9,11H,2,4,6,8H2,(H2,15,17). The Labute approximate surface area is 121 Å². The van der Waals surface area contributed by atoms with Gasteiger partial charge in [0.1, 0.15) is 0 Å². The van der Waals surface area contributed by atoms with Gasteiger partial charge in [0.2, 0.25) is 0 Å². The van der Waals surface area contributed by atoms with Crippen LogP contribution in [0.25, 0.3) is 0 Å². The van der Waals surface area contributed by atoms with E-state index >= 15 is 0 Å². The highest BCUT2D eigenvalue weighted by molar-refractivity contribution is 7.13. The lowest BCUT2D eigenvalue weighted by atomic mass is 9.95. The van der Waals surface area contributed by atoms with Gasteiger partial charge in [0, 0.05) is 36.8 Å². The average Bonchev–Trinajstić information content (AvgIpc) is 2.94. The molecule has 1 amide bonds. The van der Waals surface area contributed by atoms with Gasteiger partial charge in [-0.25, -0.2) is 4.98 Å². The van der Waals surface area contributed by atoms with Crippen LogP contribution in [0, 0.1) is 0 Å². The van der Waals surface area contributed by atoms with Crippen molar-refractivity contribution in [2.24, 2.45) is 0 Å². The van der Waals surface area contributed by atoms with Crippen LogP contribution in [0.15, 0.2) is 29.9 Å². The van der Waals surface area contributed by atoms with Gasteiger partial charge < -0.3 is 10.6 Å². The molecule has 3 heterocycles. The Morgan fingerprint density at radius 3 is 3.10 bits per heavy atom. The molecule has 1 saturated heterocycles. The van der Waals surface area contributed by atoms with Crippen LogP contribution in [0.4, 0.5) is 5.13 Å². The van der Waals surface area contributed by atoms with Crippen LogP contribution in [0.3, 0.4) is 0 Å². The summed E-state index contributed by atoms with van der Waals surface area (Å²) in [4.78, 5) is 22.7. The number of nitrogens with zero attached hydrogens (tertiary/aromatic N) is 3. The van der Waals surface area contributed by atoms with Crippen LogP contribution >= 0.6 is 11.3 Å². The van der Waals surface area contributed by atoms with Crippen molar-refractivity contribution in [3.05, 3.63) is 41.2 Å². The maximum absolute atomic E-state index is 12.4. The largest absolute Gasteiger partial charge is 0.375 e. The molecule has 1 aliphatic rings. The number of thiazole rings is 1. The molecule has 2 aromatic rings. The lowest BCUT2D eigenvalue weighted by Crippen LogP contribution is -2.39. The molecule has 0 saturated carbocycles. The highest BCUT2D eigenvalue weighted by atomic mass is 32.1. The first-order valence-electron chi connectivity index (χ1n) is 6.64. The Morgan fingerprint density at radius 1 is 1.50 bits per heavy atom. The minimum Gasteiger partial charge on any atom is -0.375 e. The van der Waals surface area contributed by atoms with E-state index in [1.54, 1.807) is 24.5 Å². The number of amides is 1. The maximum Gasteiger partial charge on any atom is 0.255 e. The molecule has 104 valence electrons. The predicted octanol–water partition coefficient (Wildman–Crippen LogP) is 2.14. The summed E-state index contributed by atoms with van der Waals surface area (Å²) in [7, 11) is 0. The Kier molecular flexibility index (Phi) is 3.64. The van der Waals surface area contributed by atoms with E-state index in [1.165, 1.54) is 11.3 Å². The van der Waals surface area contributed by atoms with Crippen molar-refractivity contribution in [2.75, 3.05) is 18.8 Å². The molecule has 2 N–H and O–H groups in total. The molecule has 1 fully saturated rings. The lowest BCUT2D eigenvalue weighted by molar-refractivity contribution is 0.0705. The Balaban J connectivity index is 1.74. The summed E-state index contributed by atoms with van der Waals surface area (Å²) < 4.78 is 0. The van der Waals surface area contributed by atoms with Gasteiger partial charge in [-0.1, -0.05) is 0 Å². The Morgan fingerprint density at radius 2 is 2.40 bits per heavy atom. The van der Waals surface area contributed by atoms with Crippen LogP contribution < -0.4 is 5.73 Å². The van der Waals surface area contributed by atoms with Gasteiger partial charge >= 0.3 is 0 Å². The number of rotatable bonds is 2. The molecule has 1 unspecified atom stereocenters. The zero-order valence-electron chi connectivity index (χ0n) is 11.0. The van der Waals surface area contributed by atoms with Gasteiger partial charge in [-0.2, -0.15) is 0 Å². The van der Waals surface area contributed by atoms with Gasteiger partial charge in [0.25, 0.3) is 5.91 Å². The molecular weight excluding hydrogens is 272 g/mol. The van der Waals surface area contributed by atoms with Crippen LogP contribution in [-0.4, -0.2) is 33.9 Å². The highest BCUT2D eigenvalue weighted by Crippen LogP contribution is 2.29. The van der Waals surface area contributed by atoms with E-state index in [4.69, 9.17) is 5.73 Å². The monoisotopic (exact) mass is 288 g/mol. The molecule has 3 rings (SSSR count). The number of piperidine rings is 1. The summed E-state index contributed by atoms with van der Waals surface area (Å²) in [5.41, 5.74) is 7.34. The summed E-state index contributed by atoms with van der Waals surface area (Å²) in [6.07, 6.45) is 5.34. The molecular formula is C14H16N4OS. The topological polar surface area (TPSA) is 72.1 Å².